The van der Waals surface area contributed by atoms with E-state index in [0.717, 1.165) is 12.1 Å². The quantitative estimate of drug-likeness (QED) is 0.675. The molecule has 0 aliphatic carbocycles. The number of rotatable bonds is 7. The van der Waals surface area contributed by atoms with Gasteiger partial charge in [0.2, 0.25) is 5.91 Å². The maximum atomic E-state index is 12.9. The molecule has 3 heteroatoms. The Morgan fingerprint density at radius 2 is 1.89 bits per heavy atom. The SMILES string of the molecule is Cc1cc(C)c(C(C)(C)CC(=O)N(C)CCc2ccccn2)c(C(C)C)c1. The molecule has 2 rings (SSSR count). The van der Waals surface area contributed by atoms with E-state index < -0.39 is 0 Å². The van der Waals surface area contributed by atoms with Gasteiger partial charge in [-0.2, -0.15) is 0 Å². The Labute approximate surface area is 164 Å². The van der Waals surface area contributed by atoms with Gasteiger partial charge in [0.25, 0.3) is 0 Å². The highest BCUT2D eigenvalue weighted by atomic mass is 16.2. The van der Waals surface area contributed by atoms with E-state index in [1.807, 2.05) is 30.1 Å². The number of benzene rings is 1. The van der Waals surface area contributed by atoms with E-state index in [-0.39, 0.29) is 11.3 Å². The Morgan fingerprint density at radius 1 is 1.19 bits per heavy atom. The number of carbonyl (C=O) groups excluding carboxylic acids is 1. The van der Waals surface area contributed by atoms with Gasteiger partial charge in [-0.05, 0) is 54.0 Å². The molecule has 0 bridgehead atoms. The standard InChI is InChI=1S/C24H34N2O/c1-17(2)21-15-18(3)14-19(4)23(21)24(5,6)16-22(27)26(7)13-11-20-10-8-9-12-25-20/h8-10,12,14-15,17H,11,13,16H2,1-7H3. The summed E-state index contributed by atoms with van der Waals surface area (Å²) < 4.78 is 0. The molecule has 0 aliphatic heterocycles. The maximum absolute atomic E-state index is 12.9. The fourth-order valence-electron chi connectivity index (χ4n) is 3.93. The largest absolute Gasteiger partial charge is 0.345 e. The van der Waals surface area contributed by atoms with Gasteiger partial charge in [-0.1, -0.05) is 51.5 Å². The summed E-state index contributed by atoms with van der Waals surface area (Å²) in [5.74, 6) is 0.625. The Hall–Kier alpha value is -2.16. The third-order valence-electron chi connectivity index (χ3n) is 5.26. The fourth-order valence-corrected chi connectivity index (χ4v) is 3.93. The number of likely N-dealkylation sites (N-methyl/N-ethyl adjacent to an activating group) is 1. The van der Waals surface area contributed by atoms with E-state index in [1.165, 1.54) is 22.3 Å². The van der Waals surface area contributed by atoms with Crippen molar-refractivity contribution in [2.45, 2.75) is 65.7 Å². The summed E-state index contributed by atoms with van der Waals surface area (Å²) in [6, 6.07) is 10.4. The lowest BCUT2D eigenvalue weighted by atomic mass is 9.74. The molecule has 0 saturated heterocycles. The van der Waals surface area contributed by atoms with Crippen LogP contribution >= 0.6 is 0 Å². The first-order valence-corrected chi connectivity index (χ1v) is 9.87. The van der Waals surface area contributed by atoms with Crippen molar-refractivity contribution in [3.63, 3.8) is 0 Å². The van der Waals surface area contributed by atoms with Crippen LogP contribution in [-0.4, -0.2) is 29.4 Å². The van der Waals surface area contributed by atoms with Crippen molar-refractivity contribution in [3.05, 3.63) is 64.5 Å². The van der Waals surface area contributed by atoms with Crippen LogP contribution in [0.3, 0.4) is 0 Å². The number of aromatic nitrogens is 1. The second-order valence-electron chi connectivity index (χ2n) is 8.65. The molecule has 0 spiro atoms. The number of hydrogen-bond donors (Lipinski definition) is 0. The molecule has 1 amide bonds. The Kier molecular flexibility index (Phi) is 6.80. The van der Waals surface area contributed by atoms with E-state index in [0.29, 0.717) is 18.9 Å². The molecule has 1 aromatic heterocycles. The van der Waals surface area contributed by atoms with Crippen LogP contribution in [0.5, 0.6) is 0 Å². The summed E-state index contributed by atoms with van der Waals surface area (Å²) in [4.78, 5) is 19.1. The molecule has 0 aliphatic rings. The molecule has 0 saturated carbocycles. The topological polar surface area (TPSA) is 33.2 Å². The second-order valence-corrected chi connectivity index (χ2v) is 8.65. The Bertz CT molecular complexity index is 778. The number of aryl methyl sites for hydroxylation is 2. The van der Waals surface area contributed by atoms with Gasteiger partial charge >= 0.3 is 0 Å². The first-order chi connectivity index (χ1) is 12.6. The number of carbonyl (C=O) groups is 1. The van der Waals surface area contributed by atoms with Gasteiger partial charge in [-0.15, -0.1) is 0 Å². The predicted octanol–water partition coefficient (Wildman–Crippen LogP) is 5.19. The van der Waals surface area contributed by atoms with Crippen molar-refractivity contribution in [1.29, 1.82) is 0 Å². The van der Waals surface area contributed by atoms with Gasteiger partial charge in [-0.25, -0.2) is 0 Å². The lowest BCUT2D eigenvalue weighted by Crippen LogP contribution is -2.35. The molecule has 2 aromatic rings. The normalized spacial score (nSPS) is 11.7. The van der Waals surface area contributed by atoms with E-state index in [1.54, 1.807) is 6.20 Å². The van der Waals surface area contributed by atoms with Crippen molar-refractivity contribution in [2.24, 2.45) is 0 Å². The summed E-state index contributed by atoms with van der Waals surface area (Å²) in [5.41, 5.74) is 6.08. The van der Waals surface area contributed by atoms with Crippen LogP contribution in [0, 0.1) is 13.8 Å². The summed E-state index contributed by atoms with van der Waals surface area (Å²) in [6.45, 7) is 13.9. The molecule has 0 radical (unpaired) electrons. The molecule has 3 nitrogen and oxygen atoms in total. The van der Waals surface area contributed by atoms with Crippen LogP contribution in [0.25, 0.3) is 0 Å². The lowest BCUT2D eigenvalue weighted by Gasteiger charge is -2.32. The number of amides is 1. The molecule has 1 aromatic carbocycles. The van der Waals surface area contributed by atoms with Crippen molar-refractivity contribution >= 4 is 5.91 Å². The molecule has 0 N–H and O–H groups in total. The van der Waals surface area contributed by atoms with E-state index in [9.17, 15) is 4.79 Å². The zero-order chi connectivity index (χ0) is 20.2. The minimum Gasteiger partial charge on any atom is -0.345 e. The monoisotopic (exact) mass is 366 g/mol. The van der Waals surface area contributed by atoms with Crippen molar-refractivity contribution < 1.29 is 4.79 Å². The van der Waals surface area contributed by atoms with E-state index >= 15 is 0 Å². The van der Waals surface area contributed by atoms with E-state index in [2.05, 4.69) is 58.7 Å². The van der Waals surface area contributed by atoms with Crippen LogP contribution in [0.2, 0.25) is 0 Å². The molecule has 27 heavy (non-hydrogen) atoms. The van der Waals surface area contributed by atoms with Gasteiger partial charge in [0, 0.05) is 38.3 Å². The summed E-state index contributed by atoms with van der Waals surface area (Å²) in [5, 5.41) is 0. The zero-order valence-electron chi connectivity index (χ0n) is 18.0. The molecule has 146 valence electrons. The van der Waals surface area contributed by atoms with Gasteiger partial charge < -0.3 is 4.90 Å². The molecule has 0 unspecified atom stereocenters. The molecular weight excluding hydrogens is 332 g/mol. The van der Waals surface area contributed by atoms with Crippen LogP contribution in [0.15, 0.2) is 36.5 Å². The Morgan fingerprint density at radius 3 is 2.48 bits per heavy atom. The minimum absolute atomic E-state index is 0.186. The third-order valence-corrected chi connectivity index (χ3v) is 5.26. The predicted molar refractivity (Wildman–Crippen MR) is 113 cm³/mol. The summed E-state index contributed by atoms with van der Waals surface area (Å²) in [7, 11) is 1.90. The molecular formula is C24H34N2O. The minimum atomic E-state index is -0.201. The van der Waals surface area contributed by atoms with Crippen LogP contribution in [-0.2, 0) is 16.6 Å². The zero-order valence-corrected chi connectivity index (χ0v) is 18.0. The highest BCUT2D eigenvalue weighted by molar-refractivity contribution is 5.77. The average molecular weight is 367 g/mol. The first-order valence-electron chi connectivity index (χ1n) is 9.87. The van der Waals surface area contributed by atoms with Gasteiger partial charge in [-0.3, -0.25) is 9.78 Å². The van der Waals surface area contributed by atoms with Crippen molar-refractivity contribution in [1.82, 2.24) is 9.88 Å². The highest BCUT2D eigenvalue weighted by Crippen LogP contribution is 2.37. The lowest BCUT2D eigenvalue weighted by molar-refractivity contribution is -0.131. The van der Waals surface area contributed by atoms with Crippen molar-refractivity contribution in [2.75, 3.05) is 13.6 Å². The first kappa shape index (κ1) is 21.1. The third kappa shape index (κ3) is 5.41. The average Bonchev–Trinajstić information content (AvgIpc) is 2.58. The summed E-state index contributed by atoms with van der Waals surface area (Å²) >= 11 is 0. The molecule has 0 atom stereocenters. The van der Waals surface area contributed by atoms with Crippen LogP contribution in [0.4, 0.5) is 0 Å². The number of nitrogens with zero attached hydrogens (tertiary/aromatic N) is 2. The van der Waals surface area contributed by atoms with Crippen LogP contribution in [0.1, 0.15) is 68.0 Å². The number of pyridine rings is 1. The van der Waals surface area contributed by atoms with Gasteiger partial charge in [0.05, 0.1) is 0 Å². The number of hydrogen-bond acceptors (Lipinski definition) is 2. The molecule has 1 heterocycles. The maximum Gasteiger partial charge on any atom is 0.223 e. The summed E-state index contributed by atoms with van der Waals surface area (Å²) in [6.07, 6.45) is 3.09. The van der Waals surface area contributed by atoms with Crippen LogP contribution < -0.4 is 0 Å². The fraction of sp³-hybridized carbons (Fsp3) is 0.500. The van der Waals surface area contributed by atoms with E-state index in [4.69, 9.17) is 0 Å². The second kappa shape index (κ2) is 8.69. The van der Waals surface area contributed by atoms with Gasteiger partial charge in [0.15, 0.2) is 0 Å². The van der Waals surface area contributed by atoms with Crippen molar-refractivity contribution in [3.8, 4) is 0 Å². The Balaban J connectivity index is 2.14. The van der Waals surface area contributed by atoms with Gasteiger partial charge in [0.1, 0.15) is 0 Å². The smallest absolute Gasteiger partial charge is 0.223 e. The highest BCUT2D eigenvalue weighted by Gasteiger charge is 2.30. The molecule has 0 fully saturated rings.